The number of rotatable bonds is 6. The van der Waals surface area contributed by atoms with Crippen molar-refractivity contribution in [2.45, 2.75) is 51.1 Å². The number of carbonyl (C=O) groups is 1. The largest absolute Gasteiger partial charge is 0.493 e. The average molecular weight is 320 g/mol. The Balaban J connectivity index is 2.02. The van der Waals surface area contributed by atoms with Crippen LogP contribution in [-0.2, 0) is 11.2 Å². The van der Waals surface area contributed by atoms with Crippen LogP contribution < -0.4 is 15.2 Å². The third kappa shape index (κ3) is 4.38. The van der Waals surface area contributed by atoms with E-state index in [2.05, 4.69) is 6.07 Å². The van der Waals surface area contributed by atoms with Crippen molar-refractivity contribution < 1.29 is 14.3 Å². The van der Waals surface area contributed by atoms with Gasteiger partial charge in [-0.1, -0.05) is 6.07 Å². The van der Waals surface area contributed by atoms with E-state index in [9.17, 15) is 4.79 Å². The van der Waals surface area contributed by atoms with Gasteiger partial charge in [-0.3, -0.25) is 4.79 Å². The zero-order chi connectivity index (χ0) is 16.8. The van der Waals surface area contributed by atoms with Crippen LogP contribution in [0.3, 0.4) is 0 Å². The predicted octanol–water partition coefficient (Wildman–Crippen LogP) is 2.36. The second-order valence-corrected chi connectivity index (χ2v) is 6.20. The van der Waals surface area contributed by atoms with Gasteiger partial charge in [0.2, 0.25) is 5.91 Å². The van der Waals surface area contributed by atoms with Crippen molar-refractivity contribution in [1.82, 2.24) is 4.90 Å². The van der Waals surface area contributed by atoms with Crippen molar-refractivity contribution in [3.05, 3.63) is 23.8 Å². The fraction of sp³-hybridized carbons (Fsp3) is 0.611. The first-order chi connectivity index (χ1) is 11.1. The van der Waals surface area contributed by atoms with Gasteiger partial charge in [0, 0.05) is 12.6 Å². The first-order valence-corrected chi connectivity index (χ1v) is 8.33. The minimum Gasteiger partial charge on any atom is -0.493 e. The number of ether oxygens (including phenoxy) is 2. The Hall–Kier alpha value is -1.75. The zero-order valence-electron chi connectivity index (χ0n) is 14.4. The van der Waals surface area contributed by atoms with Crippen LogP contribution in [0.1, 0.15) is 38.2 Å². The Labute approximate surface area is 138 Å². The zero-order valence-corrected chi connectivity index (χ0v) is 14.4. The van der Waals surface area contributed by atoms with Crippen molar-refractivity contribution in [2.24, 2.45) is 5.73 Å². The van der Waals surface area contributed by atoms with Crippen molar-refractivity contribution in [3.8, 4) is 11.5 Å². The molecule has 1 aromatic rings. The van der Waals surface area contributed by atoms with Gasteiger partial charge in [0.15, 0.2) is 11.5 Å². The fourth-order valence-corrected chi connectivity index (χ4v) is 3.22. The molecule has 1 heterocycles. The molecule has 1 fully saturated rings. The number of hydrogen-bond donors (Lipinski definition) is 1. The number of methoxy groups -OCH3 is 2. The van der Waals surface area contributed by atoms with Gasteiger partial charge in [0.25, 0.3) is 0 Å². The Morgan fingerprint density at radius 2 is 2.04 bits per heavy atom. The monoisotopic (exact) mass is 320 g/mol. The molecule has 128 valence electrons. The lowest BCUT2D eigenvalue weighted by Crippen LogP contribution is -2.49. The lowest BCUT2D eigenvalue weighted by Gasteiger charge is -2.37. The summed E-state index contributed by atoms with van der Waals surface area (Å²) < 4.78 is 10.6. The second-order valence-electron chi connectivity index (χ2n) is 6.20. The topological polar surface area (TPSA) is 64.8 Å². The standard InChI is InChI=1S/C18H28N2O3/c1-13(19)18(21)20-11-5-4-6-15(20)9-7-14-8-10-16(22-2)17(12-14)23-3/h8,10,12-13,15H,4-7,9,11,19H2,1-3H3. The predicted molar refractivity (Wildman–Crippen MR) is 90.9 cm³/mol. The molecule has 2 atom stereocenters. The van der Waals surface area contributed by atoms with Crippen molar-refractivity contribution in [3.63, 3.8) is 0 Å². The molecule has 1 aromatic carbocycles. The lowest BCUT2D eigenvalue weighted by molar-refractivity contribution is -0.136. The van der Waals surface area contributed by atoms with E-state index in [0.717, 1.165) is 43.7 Å². The third-order valence-corrected chi connectivity index (χ3v) is 4.51. The SMILES string of the molecule is COc1ccc(CCC2CCCCN2C(=O)C(C)N)cc1OC. The summed E-state index contributed by atoms with van der Waals surface area (Å²) in [5.74, 6) is 1.56. The molecule has 0 spiro atoms. The first kappa shape index (κ1) is 17.6. The molecular weight excluding hydrogens is 292 g/mol. The molecule has 1 aliphatic heterocycles. The number of likely N-dealkylation sites (tertiary alicyclic amines) is 1. The van der Waals surface area contributed by atoms with Gasteiger partial charge in [-0.2, -0.15) is 0 Å². The molecule has 5 nitrogen and oxygen atoms in total. The van der Waals surface area contributed by atoms with Gasteiger partial charge in [-0.05, 0) is 56.7 Å². The molecule has 1 amide bonds. The van der Waals surface area contributed by atoms with E-state index in [1.807, 2.05) is 17.0 Å². The average Bonchev–Trinajstić information content (AvgIpc) is 2.59. The summed E-state index contributed by atoms with van der Waals surface area (Å²) >= 11 is 0. The fourth-order valence-electron chi connectivity index (χ4n) is 3.22. The highest BCUT2D eigenvalue weighted by molar-refractivity contribution is 5.81. The molecule has 0 saturated carbocycles. The van der Waals surface area contributed by atoms with E-state index in [0.29, 0.717) is 0 Å². The maximum atomic E-state index is 12.3. The van der Waals surface area contributed by atoms with Gasteiger partial charge < -0.3 is 20.1 Å². The van der Waals surface area contributed by atoms with Crippen LogP contribution in [0.15, 0.2) is 18.2 Å². The maximum Gasteiger partial charge on any atom is 0.239 e. The van der Waals surface area contributed by atoms with E-state index < -0.39 is 6.04 Å². The molecule has 1 aliphatic rings. The highest BCUT2D eigenvalue weighted by Crippen LogP contribution is 2.29. The molecular formula is C18H28N2O3. The molecule has 2 unspecified atom stereocenters. The highest BCUT2D eigenvalue weighted by Gasteiger charge is 2.28. The molecule has 0 radical (unpaired) electrons. The van der Waals surface area contributed by atoms with E-state index >= 15 is 0 Å². The number of amides is 1. The van der Waals surface area contributed by atoms with E-state index in [-0.39, 0.29) is 11.9 Å². The molecule has 1 saturated heterocycles. The van der Waals surface area contributed by atoms with Gasteiger partial charge >= 0.3 is 0 Å². The van der Waals surface area contributed by atoms with E-state index in [1.165, 1.54) is 12.0 Å². The van der Waals surface area contributed by atoms with Crippen LogP contribution >= 0.6 is 0 Å². The van der Waals surface area contributed by atoms with Crippen LogP contribution in [-0.4, -0.2) is 43.7 Å². The van der Waals surface area contributed by atoms with Crippen molar-refractivity contribution >= 4 is 5.91 Å². The molecule has 5 heteroatoms. The summed E-state index contributed by atoms with van der Waals surface area (Å²) in [4.78, 5) is 14.2. The Bertz CT molecular complexity index is 531. The molecule has 2 N–H and O–H groups in total. The van der Waals surface area contributed by atoms with Crippen LogP contribution in [0, 0.1) is 0 Å². The number of carbonyl (C=O) groups excluding carboxylic acids is 1. The summed E-state index contributed by atoms with van der Waals surface area (Å²) in [7, 11) is 3.28. The number of aryl methyl sites for hydroxylation is 1. The molecule has 0 aromatic heterocycles. The molecule has 2 rings (SSSR count). The summed E-state index contributed by atoms with van der Waals surface area (Å²) in [5.41, 5.74) is 6.98. The third-order valence-electron chi connectivity index (χ3n) is 4.51. The minimum atomic E-state index is -0.420. The number of nitrogens with two attached hydrogens (primary N) is 1. The number of hydrogen-bond acceptors (Lipinski definition) is 4. The van der Waals surface area contributed by atoms with E-state index in [4.69, 9.17) is 15.2 Å². The second kappa shape index (κ2) is 8.20. The quantitative estimate of drug-likeness (QED) is 0.874. The van der Waals surface area contributed by atoms with Crippen LogP contribution in [0.25, 0.3) is 0 Å². The van der Waals surface area contributed by atoms with Gasteiger partial charge in [0.05, 0.1) is 20.3 Å². The van der Waals surface area contributed by atoms with Gasteiger partial charge in [-0.25, -0.2) is 0 Å². The summed E-state index contributed by atoms with van der Waals surface area (Å²) in [5, 5.41) is 0. The van der Waals surface area contributed by atoms with Crippen molar-refractivity contribution in [2.75, 3.05) is 20.8 Å². The molecule has 23 heavy (non-hydrogen) atoms. The number of nitrogens with zero attached hydrogens (tertiary/aromatic N) is 1. The molecule has 0 aliphatic carbocycles. The van der Waals surface area contributed by atoms with Crippen LogP contribution in [0.5, 0.6) is 11.5 Å². The Morgan fingerprint density at radius 3 is 2.70 bits per heavy atom. The van der Waals surface area contributed by atoms with Gasteiger partial charge in [-0.15, -0.1) is 0 Å². The number of piperidine rings is 1. The Morgan fingerprint density at radius 1 is 1.30 bits per heavy atom. The minimum absolute atomic E-state index is 0.0713. The van der Waals surface area contributed by atoms with E-state index in [1.54, 1.807) is 21.1 Å². The summed E-state index contributed by atoms with van der Waals surface area (Å²) in [6.45, 7) is 2.60. The van der Waals surface area contributed by atoms with Crippen molar-refractivity contribution in [1.29, 1.82) is 0 Å². The van der Waals surface area contributed by atoms with Crippen LogP contribution in [0.2, 0.25) is 0 Å². The highest BCUT2D eigenvalue weighted by atomic mass is 16.5. The smallest absolute Gasteiger partial charge is 0.239 e. The number of benzene rings is 1. The summed E-state index contributed by atoms with van der Waals surface area (Å²) in [6, 6.07) is 5.87. The Kier molecular flexibility index (Phi) is 6.28. The maximum absolute atomic E-state index is 12.3. The van der Waals surface area contributed by atoms with Gasteiger partial charge in [0.1, 0.15) is 0 Å². The van der Waals surface area contributed by atoms with Crippen LogP contribution in [0.4, 0.5) is 0 Å². The first-order valence-electron chi connectivity index (χ1n) is 8.33. The normalized spacial score (nSPS) is 19.3. The summed E-state index contributed by atoms with van der Waals surface area (Å²) in [6.07, 6.45) is 5.18. The molecule has 0 bridgehead atoms. The lowest BCUT2D eigenvalue weighted by atomic mass is 9.95.